The van der Waals surface area contributed by atoms with Gasteiger partial charge in [-0.15, -0.1) is 0 Å². The second-order valence-corrected chi connectivity index (χ2v) is 7.35. The molecule has 2 rings (SSSR count). The zero-order chi connectivity index (χ0) is 22.9. The lowest BCUT2D eigenvalue weighted by Gasteiger charge is -2.09. The zero-order valence-corrected chi connectivity index (χ0v) is 16.6. The highest BCUT2D eigenvalue weighted by atomic mass is 31.2. The number of benzene rings is 2. The zero-order valence-electron chi connectivity index (χ0n) is 15.7. The van der Waals surface area contributed by atoms with Gasteiger partial charge in [0.2, 0.25) is 0 Å². The van der Waals surface area contributed by atoms with Crippen LogP contribution in [-0.2, 0) is 27.0 Å². The predicted molar refractivity (Wildman–Crippen MR) is 106 cm³/mol. The molecule has 0 aliphatic carbocycles. The summed E-state index contributed by atoms with van der Waals surface area (Å²) in [6.45, 7) is 0. The number of phenolic OH excluding ortho intramolecular Hbond substituents is 1. The van der Waals surface area contributed by atoms with E-state index >= 15 is 0 Å². The van der Waals surface area contributed by atoms with Crippen molar-refractivity contribution in [2.75, 3.05) is 0 Å². The molecule has 30 heavy (non-hydrogen) atoms. The largest absolute Gasteiger partial charge is 0.524 e. The topological polar surface area (TPSA) is 214 Å². The van der Waals surface area contributed by atoms with Gasteiger partial charge < -0.3 is 31.3 Å². The highest BCUT2D eigenvalue weighted by Crippen LogP contribution is 2.37. The Balaban J connectivity index is 0.000000311. The summed E-state index contributed by atoms with van der Waals surface area (Å²) < 4.78 is 14.9. The lowest BCUT2D eigenvalue weighted by atomic mass is 10.1. The van der Waals surface area contributed by atoms with Gasteiger partial charge in [-0.3, -0.25) is 19.4 Å². The van der Waals surface area contributed by atoms with E-state index in [0.717, 1.165) is 5.56 Å². The van der Waals surface area contributed by atoms with E-state index in [1.807, 2.05) is 0 Å². The van der Waals surface area contributed by atoms with Crippen LogP contribution in [0.4, 0.5) is 0 Å². The average Bonchev–Trinajstić information content (AvgIpc) is 2.64. The van der Waals surface area contributed by atoms with Crippen LogP contribution in [0.25, 0.3) is 0 Å². The van der Waals surface area contributed by atoms with Crippen molar-refractivity contribution >= 4 is 19.8 Å². The van der Waals surface area contributed by atoms with Crippen molar-refractivity contribution in [3.63, 3.8) is 0 Å². The molecule has 0 aliphatic rings. The highest BCUT2D eigenvalue weighted by Gasteiger charge is 2.16. The first-order valence-electron chi connectivity index (χ1n) is 8.46. The third-order valence-electron chi connectivity index (χ3n) is 3.63. The fourth-order valence-electron chi connectivity index (χ4n) is 2.14. The summed E-state index contributed by atoms with van der Waals surface area (Å²) in [7, 11) is -4.56. The Morgan fingerprint density at radius 3 is 1.53 bits per heavy atom. The predicted octanol–water partition coefficient (Wildman–Crippen LogP) is 0.459. The van der Waals surface area contributed by atoms with Crippen LogP contribution in [0.15, 0.2) is 48.5 Å². The number of phosphoric ester groups is 1. The van der Waals surface area contributed by atoms with E-state index in [1.165, 1.54) is 36.4 Å². The molecule has 2 aromatic rings. The van der Waals surface area contributed by atoms with Crippen LogP contribution in [0.2, 0.25) is 0 Å². The van der Waals surface area contributed by atoms with Crippen molar-refractivity contribution in [3.8, 4) is 11.5 Å². The SMILES string of the molecule is NC(Cc1ccc(O)cc1)C(=O)O.NC(Cc1ccc(OP(=O)(O)O)cc1)C(=O)O. The molecular formula is C18H23N2O9P. The molecule has 0 heterocycles. The number of phenols is 1. The van der Waals surface area contributed by atoms with Crippen molar-refractivity contribution in [1.29, 1.82) is 0 Å². The van der Waals surface area contributed by atoms with E-state index in [2.05, 4.69) is 4.52 Å². The molecule has 0 saturated heterocycles. The number of phosphoric acid groups is 1. The molecule has 0 amide bonds. The summed E-state index contributed by atoms with van der Waals surface area (Å²) in [5, 5.41) is 26.1. The highest BCUT2D eigenvalue weighted by molar-refractivity contribution is 7.46. The second-order valence-electron chi connectivity index (χ2n) is 6.19. The van der Waals surface area contributed by atoms with Crippen molar-refractivity contribution < 1.29 is 43.8 Å². The van der Waals surface area contributed by atoms with Crippen molar-refractivity contribution in [1.82, 2.24) is 0 Å². The monoisotopic (exact) mass is 442 g/mol. The average molecular weight is 442 g/mol. The Labute approximate surface area is 171 Å². The first-order valence-corrected chi connectivity index (χ1v) is 9.99. The molecule has 2 atom stereocenters. The summed E-state index contributed by atoms with van der Waals surface area (Å²) >= 11 is 0. The molecule has 12 heteroatoms. The quantitative estimate of drug-likeness (QED) is 0.279. The third kappa shape index (κ3) is 10.0. The molecule has 2 unspecified atom stereocenters. The minimum Gasteiger partial charge on any atom is -0.508 e. The van der Waals surface area contributed by atoms with Gasteiger partial charge in [0.05, 0.1) is 0 Å². The minimum absolute atomic E-state index is 0.00554. The maximum atomic E-state index is 10.5. The van der Waals surface area contributed by atoms with Gasteiger partial charge in [-0.1, -0.05) is 24.3 Å². The summed E-state index contributed by atoms with van der Waals surface area (Å²) in [6, 6.07) is 10.1. The first kappa shape index (κ1) is 25.1. The van der Waals surface area contributed by atoms with Crippen LogP contribution in [0.3, 0.4) is 0 Å². The normalized spacial score (nSPS) is 12.8. The molecule has 0 spiro atoms. The molecule has 0 bridgehead atoms. The molecule has 164 valence electrons. The second kappa shape index (κ2) is 11.3. The van der Waals surface area contributed by atoms with Crippen LogP contribution in [-0.4, -0.2) is 49.1 Å². The number of carboxylic acids is 2. The number of carboxylic acid groups (broad SMARTS) is 2. The Bertz CT molecular complexity index is 882. The van der Waals surface area contributed by atoms with E-state index in [1.54, 1.807) is 12.1 Å². The number of aliphatic carboxylic acids is 2. The Morgan fingerprint density at radius 1 is 0.833 bits per heavy atom. The Hall–Kier alpha value is -2.95. The first-order chi connectivity index (χ1) is 13.9. The maximum Gasteiger partial charge on any atom is 0.524 e. The van der Waals surface area contributed by atoms with Crippen LogP contribution < -0.4 is 16.0 Å². The van der Waals surface area contributed by atoms with Crippen molar-refractivity contribution in [2.45, 2.75) is 24.9 Å². The van der Waals surface area contributed by atoms with E-state index in [-0.39, 0.29) is 24.3 Å². The van der Waals surface area contributed by atoms with Crippen LogP contribution in [0, 0.1) is 0 Å². The molecule has 9 N–H and O–H groups in total. The van der Waals surface area contributed by atoms with E-state index < -0.39 is 31.8 Å². The van der Waals surface area contributed by atoms with Gasteiger partial charge in [-0.2, -0.15) is 0 Å². The van der Waals surface area contributed by atoms with Crippen LogP contribution >= 0.6 is 7.82 Å². The van der Waals surface area contributed by atoms with Crippen molar-refractivity contribution in [2.24, 2.45) is 11.5 Å². The van der Waals surface area contributed by atoms with Crippen molar-refractivity contribution in [3.05, 3.63) is 59.7 Å². The molecule has 0 aliphatic heterocycles. The summed E-state index contributed by atoms with van der Waals surface area (Å²) in [6.07, 6.45) is 0.404. The molecule has 11 nitrogen and oxygen atoms in total. The molecule has 0 aromatic heterocycles. The number of aromatic hydroxyl groups is 1. The summed E-state index contributed by atoms with van der Waals surface area (Å²) in [5.74, 6) is -1.97. The molecule has 0 radical (unpaired) electrons. The van der Waals surface area contributed by atoms with Gasteiger partial charge >= 0.3 is 19.8 Å². The summed E-state index contributed by atoms with van der Waals surface area (Å²) in [5.41, 5.74) is 12.1. The number of hydrogen-bond acceptors (Lipinski definition) is 7. The number of rotatable bonds is 8. The van der Waals surface area contributed by atoms with Gasteiger partial charge in [0.15, 0.2) is 0 Å². The summed E-state index contributed by atoms with van der Waals surface area (Å²) in [4.78, 5) is 38.0. The standard InChI is InChI=1S/C9H12NO6P.C9H11NO3/c10-8(9(11)12)5-6-1-3-7(4-2-6)16-17(13,14)15;10-8(9(12)13)5-6-1-3-7(11)4-2-6/h1-4,8H,5,10H2,(H,11,12)(H2,13,14,15);1-4,8,11H,5,10H2,(H,12,13). The fourth-order valence-corrected chi connectivity index (χ4v) is 2.53. The fraction of sp³-hybridized carbons (Fsp3) is 0.222. The number of nitrogens with two attached hydrogens (primary N) is 2. The van der Waals surface area contributed by atoms with Gasteiger partial charge in [0, 0.05) is 0 Å². The molecule has 2 aromatic carbocycles. The number of carbonyl (C=O) groups is 2. The Morgan fingerprint density at radius 2 is 1.20 bits per heavy atom. The molecular weight excluding hydrogens is 419 g/mol. The van der Waals surface area contributed by atoms with Gasteiger partial charge in [-0.25, -0.2) is 4.57 Å². The van der Waals surface area contributed by atoms with E-state index in [4.69, 9.17) is 36.6 Å². The third-order valence-corrected chi connectivity index (χ3v) is 4.08. The smallest absolute Gasteiger partial charge is 0.508 e. The maximum absolute atomic E-state index is 10.5. The molecule has 0 saturated carbocycles. The van der Waals surface area contributed by atoms with Gasteiger partial charge in [0.1, 0.15) is 23.6 Å². The lowest BCUT2D eigenvalue weighted by Crippen LogP contribution is -2.32. The van der Waals surface area contributed by atoms with Gasteiger partial charge in [-0.05, 0) is 48.2 Å². The number of hydrogen-bond donors (Lipinski definition) is 7. The Kier molecular flexibility index (Phi) is 9.44. The van der Waals surface area contributed by atoms with E-state index in [0.29, 0.717) is 5.56 Å². The van der Waals surface area contributed by atoms with Crippen LogP contribution in [0.1, 0.15) is 11.1 Å². The van der Waals surface area contributed by atoms with Gasteiger partial charge in [0.25, 0.3) is 0 Å². The van der Waals surface area contributed by atoms with Crippen LogP contribution in [0.5, 0.6) is 11.5 Å². The van der Waals surface area contributed by atoms with E-state index in [9.17, 15) is 14.2 Å². The minimum atomic E-state index is -4.56. The lowest BCUT2D eigenvalue weighted by molar-refractivity contribution is -0.139. The molecule has 0 fully saturated rings.